The number of hydrogen-bond acceptors (Lipinski definition) is 7. The molecule has 0 bridgehead atoms. The van der Waals surface area contributed by atoms with E-state index >= 15 is 0 Å². The predicted octanol–water partition coefficient (Wildman–Crippen LogP) is 3.40. The zero-order valence-electron chi connectivity index (χ0n) is 18.7. The number of benzene rings is 2. The van der Waals surface area contributed by atoms with E-state index in [-0.39, 0.29) is 15.6 Å². The van der Waals surface area contributed by atoms with Crippen molar-refractivity contribution in [2.24, 2.45) is 0 Å². The number of nitrogens with two attached hydrogens (primary N) is 1. The highest BCUT2D eigenvalue weighted by atomic mass is 32.2. The quantitative estimate of drug-likeness (QED) is 0.635. The molecule has 1 fully saturated rings. The topological polar surface area (TPSA) is 92.4 Å². The Balaban J connectivity index is 1.51. The molecule has 168 valence electrons. The Kier molecular flexibility index (Phi) is 6.06. The normalized spacial score (nSPS) is 14.6. The van der Waals surface area contributed by atoms with E-state index in [0.717, 1.165) is 38.2 Å². The molecule has 0 atom stereocenters. The molecule has 3 aromatic rings. The minimum Gasteiger partial charge on any atom is -0.382 e. The summed E-state index contributed by atoms with van der Waals surface area (Å²) in [5, 5.41) is 0. The Hall–Kier alpha value is -3.13. The van der Waals surface area contributed by atoms with Crippen molar-refractivity contribution >= 4 is 27.3 Å². The number of nitrogens with zero attached hydrogens (tertiary/aromatic N) is 4. The van der Waals surface area contributed by atoms with Crippen LogP contribution in [0.4, 0.5) is 17.5 Å². The number of rotatable bonds is 5. The van der Waals surface area contributed by atoms with Gasteiger partial charge in [-0.3, -0.25) is 0 Å². The van der Waals surface area contributed by atoms with Crippen LogP contribution >= 0.6 is 0 Å². The van der Waals surface area contributed by atoms with Crippen LogP contribution in [-0.4, -0.2) is 44.6 Å². The molecular weight excluding hydrogens is 422 g/mol. The Labute approximate surface area is 189 Å². The standard InChI is InChI=1S/C24H29N5O2S/c1-4-19-7-9-20(10-8-19)32(30,31)22-16-26-24(27-23(22)25)29-13-11-28(12-14-29)21-15-17(2)5-6-18(21)3/h5-10,15-16H,4,11-14H2,1-3H3,(H2,25,26,27). The highest BCUT2D eigenvalue weighted by Crippen LogP contribution is 2.27. The zero-order valence-corrected chi connectivity index (χ0v) is 19.6. The van der Waals surface area contributed by atoms with E-state index in [1.54, 1.807) is 12.1 Å². The third kappa shape index (κ3) is 4.27. The van der Waals surface area contributed by atoms with E-state index < -0.39 is 9.84 Å². The smallest absolute Gasteiger partial charge is 0.227 e. The fraction of sp³-hybridized carbons (Fsp3) is 0.333. The first-order valence-corrected chi connectivity index (χ1v) is 12.3. The molecule has 0 saturated carbocycles. The fourth-order valence-electron chi connectivity index (χ4n) is 3.97. The van der Waals surface area contributed by atoms with E-state index in [0.29, 0.717) is 5.95 Å². The summed E-state index contributed by atoms with van der Waals surface area (Å²) in [5.74, 6) is 0.440. The number of hydrogen-bond donors (Lipinski definition) is 1. The van der Waals surface area contributed by atoms with Crippen LogP contribution in [0.5, 0.6) is 0 Å². The molecule has 4 rings (SSSR count). The van der Waals surface area contributed by atoms with Crippen LogP contribution in [0.2, 0.25) is 0 Å². The molecule has 7 nitrogen and oxygen atoms in total. The van der Waals surface area contributed by atoms with E-state index in [2.05, 4.69) is 46.9 Å². The van der Waals surface area contributed by atoms with Gasteiger partial charge in [0.2, 0.25) is 15.8 Å². The van der Waals surface area contributed by atoms with Gasteiger partial charge in [-0.25, -0.2) is 13.4 Å². The Morgan fingerprint density at radius 2 is 1.62 bits per heavy atom. The minimum atomic E-state index is -3.77. The number of sulfone groups is 1. The molecule has 0 spiro atoms. The molecule has 2 aromatic carbocycles. The highest BCUT2D eigenvalue weighted by molar-refractivity contribution is 7.91. The maximum Gasteiger partial charge on any atom is 0.227 e. The summed E-state index contributed by atoms with van der Waals surface area (Å²) in [5.41, 5.74) is 10.9. The first-order chi connectivity index (χ1) is 15.3. The lowest BCUT2D eigenvalue weighted by Gasteiger charge is -2.37. The van der Waals surface area contributed by atoms with Crippen molar-refractivity contribution in [2.45, 2.75) is 37.0 Å². The molecule has 2 N–H and O–H groups in total. The maximum absolute atomic E-state index is 13.0. The van der Waals surface area contributed by atoms with Crippen molar-refractivity contribution in [3.8, 4) is 0 Å². The van der Waals surface area contributed by atoms with Gasteiger partial charge in [-0.2, -0.15) is 4.98 Å². The molecule has 8 heteroatoms. The lowest BCUT2D eigenvalue weighted by Crippen LogP contribution is -2.47. The molecule has 32 heavy (non-hydrogen) atoms. The van der Waals surface area contributed by atoms with E-state index in [9.17, 15) is 8.42 Å². The lowest BCUT2D eigenvalue weighted by molar-refractivity contribution is 0.595. The Morgan fingerprint density at radius 3 is 2.25 bits per heavy atom. The van der Waals surface area contributed by atoms with Crippen LogP contribution in [0.1, 0.15) is 23.6 Å². The lowest BCUT2D eigenvalue weighted by atomic mass is 10.1. The molecule has 1 aliphatic heterocycles. The summed E-state index contributed by atoms with van der Waals surface area (Å²) in [6.07, 6.45) is 2.18. The van der Waals surface area contributed by atoms with Crippen molar-refractivity contribution in [2.75, 3.05) is 41.7 Å². The number of piperazine rings is 1. The van der Waals surface area contributed by atoms with E-state index in [4.69, 9.17) is 5.73 Å². The van der Waals surface area contributed by atoms with Crippen molar-refractivity contribution in [1.29, 1.82) is 0 Å². The summed E-state index contributed by atoms with van der Waals surface area (Å²) in [7, 11) is -3.77. The van der Waals surface area contributed by atoms with Crippen LogP contribution in [0.15, 0.2) is 58.5 Å². The Morgan fingerprint density at radius 1 is 0.969 bits per heavy atom. The van der Waals surface area contributed by atoms with Crippen LogP contribution in [-0.2, 0) is 16.3 Å². The van der Waals surface area contributed by atoms with Crippen molar-refractivity contribution in [3.05, 3.63) is 65.4 Å². The average molecular weight is 452 g/mol. The fourth-order valence-corrected chi connectivity index (χ4v) is 5.23. The second-order valence-electron chi connectivity index (χ2n) is 8.18. The van der Waals surface area contributed by atoms with Gasteiger partial charge in [-0.15, -0.1) is 0 Å². The molecular formula is C24H29N5O2S. The summed E-state index contributed by atoms with van der Waals surface area (Å²) in [6, 6.07) is 13.3. The van der Waals surface area contributed by atoms with Crippen molar-refractivity contribution < 1.29 is 8.42 Å². The molecule has 2 heterocycles. The molecule has 1 aromatic heterocycles. The molecule has 0 aliphatic carbocycles. The summed E-state index contributed by atoms with van der Waals surface area (Å²) < 4.78 is 26.0. The summed E-state index contributed by atoms with van der Waals surface area (Å²) in [6.45, 7) is 9.38. The van der Waals surface area contributed by atoms with Gasteiger partial charge in [0.1, 0.15) is 10.7 Å². The van der Waals surface area contributed by atoms with Crippen LogP contribution in [0.3, 0.4) is 0 Å². The monoisotopic (exact) mass is 451 g/mol. The van der Waals surface area contributed by atoms with Gasteiger partial charge in [-0.05, 0) is 55.2 Å². The predicted molar refractivity (Wildman–Crippen MR) is 128 cm³/mol. The molecule has 1 saturated heterocycles. The Bertz CT molecular complexity index is 1220. The minimum absolute atomic E-state index is 0.0217. The van der Waals surface area contributed by atoms with Crippen LogP contribution in [0.25, 0.3) is 0 Å². The van der Waals surface area contributed by atoms with Gasteiger partial charge in [0, 0.05) is 31.9 Å². The molecule has 0 radical (unpaired) electrons. The first kappa shape index (κ1) is 22.1. The number of aromatic nitrogens is 2. The highest BCUT2D eigenvalue weighted by Gasteiger charge is 2.25. The van der Waals surface area contributed by atoms with Gasteiger partial charge < -0.3 is 15.5 Å². The first-order valence-electron chi connectivity index (χ1n) is 10.8. The molecule has 1 aliphatic rings. The third-order valence-electron chi connectivity index (χ3n) is 5.97. The number of nitrogen functional groups attached to an aromatic ring is 1. The maximum atomic E-state index is 13.0. The summed E-state index contributed by atoms with van der Waals surface area (Å²) in [4.78, 5) is 13.2. The van der Waals surface area contributed by atoms with Gasteiger partial charge in [-0.1, -0.05) is 31.2 Å². The SMILES string of the molecule is CCc1ccc(S(=O)(=O)c2cnc(N3CCN(c4cc(C)ccc4C)CC3)nc2N)cc1. The van der Waals surface area contributed by atoms with Gasteiger partial charge in [0.15, 0.2) is 0 Å². The molecule has 0 amide bonds. The van der Waals surface area contributed by atoms with Crippen molar-refractivity contribution in [3.63, 3.8) is 0 Å². The van der Waals surface area contributed by atoms with E-state index in [1.807, 2.05) is 24.0 Å². The van der Waals surface area contributed by atoms with Gasteiger partial charge in [0.05, 0.1) is 11.1 Å². The van der Waals surface area contributed by atoms with E-state index in [1.165, 1.54) is 23.0 Å². The third-order valence-corrected chi connectivity index (χ3v) is 7.76. The van der Waals surface area contributed by atoms with Crippen molar-refractivity contribution in [1.82, 2.24) is 9.97 Å². The van der Waals surface area contributed by atoms with Crippen LogP contribution in [0, 0.1) is 13.8 Å². The van der Waals surface area contributed by atoms with Crippen LogP contribution < -0.4 is 15.5 Å². The average Bonchev–Trinajstić information content (AvgIpc) is 2.80. The second kappa shape index (κ2) is 8.78. The van der Waals surface area contributed by atoms with Gasteiger partial charge in [0.25, 0.3) is 0 Å². The number of aryl methyl sites for hydroxylation is 3. The number of anilines is 3. The largest absolute Gasteiger partial charge is 0.382 e. The summed E-state index contributed by atoms with van der Waals surface area (Å²) >= 11 is 0. The van der Waals surface area contributed by atoms with Gasteiger partial charge >= 0.3 is 0 Å². The second-order valence-corrected chi connectivity index (χ2v) is 10.1. The zero-order chi connectivity index (χ0) is 22.9. The molecule has 0 unspecified atom stereocenters.